The lowest BCUT2D eigenvalue weighted by atomic mass is 10.0. The molecular weight excluding hydrogens is 314 g/mol. The van der Waals surface area contributed by atoms with Gasteiger partial charge in [0.1, 0.15) is 12.1 Å². The molecule has 2 atom stereocenters. The fourth-order valence-electron chi connectivity index (χ4n) is 4.82. The van der Waals surface area contributed by atoms with E-state index in [-0.39, 0.29) is 6.03 Å². The predicted octanol–water partition coefficient (Wildman–Crippen LogP) is 2.37. The van der Waals surface area contributed by atoms with Crippen LogP contribution in [0.4, 0.5) is 10.6 Å². The first-order valence-electron chi connectivity index (χ1n) is 9.88. The second-order valence-electron chi connectivity index (χ2n) is 8.34. The number of carbonyl (C=O) groups excluding carboxylic acids is 1. The van der Waals surface area contributed by atoms with E-state index < -0.39 is 0 Å². The zero-order chi connectivity index (χ0) is 16.8. The summed E-state index contributed by atoms with van der Waals surface area (Å²) < 4.78 is 0. The van der Waals surface area contributed by atoms with Crippen LogP contribution in [0.1, 0.15) is 50.1 Å². The number of fused-ring (bicyclic) bond motifs is 1. The number of likely N-dealkylation sites (tertiary alicyclic amines) is 1. The van der Waals surface area contributed by atoms with Crippen molar-refractivity contribution in [3.63, 3.8) is 0 Å². The molecule has 6 nitrogen and oxygen atoms in total. The number of nitrogens with zero attached hydrogens (tertiary/aromatic N) is 4. The minimum atomic E-state index is 0.158. The number of amides is 2. The lowest BCUT2D eigenvalue weighted by Crippen LogP contribution is -2.44. The van der Waals surface area contributed by atoms with E-state index in [2.05, 4.69) is 26.3 Å². The highest BCUT2D eigenvalue weighted by Gasteiger charge is 2.42. The Morgan fingerprint density at radius 3 is 2.40 bits per heavy atom. The summed E-state index contributed by atoms with van der Waals surface area (Å²) in [5.74, 6) is 2.90. The third-order valence-electron chi connectivity index (χ3n) is 6.45. The number of hydrogen-bond acceptors (Lipinski definition) is 4. The second kappa shape index (κ2) is 6.15. The van der Waals surface area contributed by atoms with Crippen molar-refractivity contribution in [1.29, 1.82) is 0 Å². The van der Waals surface area contributed by atoms with E-state index >= 15 is 0 Å². The minimum absolute atomic E-state index is 0.158. The number of urea groups is 1. The van der Waals surface area contributed by atoms with Crippen LogP contribution >= 0.6 is 0 Å². The Hall–Kier alpha value is -1.85. The summed E-state index contributed by atoms with van der Waals surface area (Å²) in [6, 6.07) is 2.75. The molecule has 0 radical (unpaired) electrons. The summed E-state index contributed by atoms with van der Waals surface area (Å²) in [4.78, 5) is 25.9. The van der Waals surface area contributed by atoms with Crippen LogP contribution in [0.5, 0.6) is 0 Å². The molecule has 3 heterocycles. The first-order chi connectivity index (χ1) is 12.3. The average molecular weight is 341 g/mol. The van der Waals surface area contributed by atoms with Crippen LogP contribution in [0.15, 0.2) is 12.4 Å². The van der Waals surface area contributed by atoms with E-state index in [0.717, 1.165) is 44.8 Å². The summed E-state index contributed by atoms with van der Waals surface area (Å²) in [5, 5.41) is 3.23. The molecule has 2 aliphatic carbocycles. The number of nitrogens with one attached hydrogen (secondary N) is 1. The molecule has 2 saturated heterocycles. The topological polar surface area (TPSA) is 61.4 Å². The first-order valence-corrected chi connectivity index (χ1v) is 9.88. The van der Waals surface area contributed by atoms with Gasteiger partial charge < -0.3 is 15.1 Å². The van der Waals surface area contributed by atoms with E-state index in [1.165, 1.54) is 31.4 Å². The zero-order valence-electron chi connectivity index (χ0n) is 14.7. The lowest BCUT2D eigenvalue weighted by molar-refractivity contribution is 0.201. The van der Waals surface area contributed by atoms with E-state index in [1.54, 1.807) is 6.33 Å². The first kappa shape index (κ1) is 15.4. The number of carbonyl (C=O) groups is 1. The fraction of sp³-hybridized carbons (Fsp3) is 0.737. The van der Waals surface area contributed by atoms with Gasteiger partial charge in [0.2, 0.25) is 0 Å². The van der Waals surface area contributed by atoms with E-state index in [9.17, 15) is 4.79 Å². The monoisotopic (exact) mass is 341 g/mol. The van der Waals surface area contributed by atoms with Gasteiger partial charge in [0.25, 0.3) is 0 Å². The molecule has 2 amide bonds. The molecule has 2 unspecified atom stereocenters. The molecule has 2 aliphatic heterocycles. The Morgan fingerprint density at radius 1 is 1.00 bits per heavy atom. The number of anilines is 1. The number of hydrogen-bond donors (Lipinski definition) is 1. The predicted molar refractivity (Wildman–Crippen MR) is 95.6 cm³/mol. The summed E-state index contributed by atoms with van der Waals surface area (Å²) in [6.07, 6.45) is 9.08. The molecule has 1 N–H and O–H groups in total. The summed E-state index contributed by atoms with van der Waals surface area (Å²) in [6.45, 7) is 3.80. The third-order valence-corrected chi connectivity index (χ3v) is 6.45. The highest BCUT2D eigenvalue weighted by molar-refractivity contribution is 5.75. The van der Waals surface area contributed by atoms with Gasteiger partial charge in [0, 0.05) is 61.7 Å². The van der Waals surface area contributed by atoms with Crippen LogP contribution in [0.25, 0.3) is 0 Å². The number of rotatable bonds is 3. The van der Waals surface area contributed by atoms with E-state index in [1.807, 2.05) is 4.90 Å². The van der Waals surface area contributed by atoms with Gasteiger partial charge in [-0.15, -0.1) is 0 Å². The lowest BCUT2D eigenvalue weighted by Gasteiger charge is -2.24. The number of aromatic nitrogens is 2. The summed E-state index contributed by atoms with van der Waals surface area (Å²) in [5.41, 5.74) is 1.21. The van der Waals surface area contributed by atoms with E-state index in [0.29, 0.717) is 23.8 Å². The van der Waals surface area contributed by atoms with Crippen molar-refractivity contribution in [2.45, 2.75) is 50.5 Å². The molecule has 0 bridgehead atoms. The maximum absolute atomic E-state index is 12.5. The SMILES string of the molecule is O=C(NC1CCCC1)N1CC2CN(c3cc(C4CC4)ncn3)CC2C1. The van der Waals surface area contributed by atoms with Crippen LogP contribution in [0.2, 0.25) is 0 Å². The van der Waals surface area contributed by atoms with E-state index in [4.69, 9.17) is 0 Å². The maximum Gasteiger partial charge on any atom is 0.317 e. The molecule has 25 heavy (non-hydrogen) atoms. The van der Waals surface area contributed by atoms with Gasteiger partial charge in [-0.1, -0.05) is 12.8 Å². The largest absolute Gasteiger partial charge is 0.356 e. The van der Waals surface area contributed by atoms with Crippen LogP contribution < -0.4 is 10.2 Å². The smallest absolute Gasteiger partial charge is 0.317 e. The van der Waals surface area contributed by atoms with Crippen molar-refractivity contribution in [3.05, 3.63) is 18.1 Å². The Morgan fingerprint density at radius 2 is 1.72 bits per heavy atom. The van der Waals surface area contributed by atoms with Crippen LogP contribution in [-0.2, 0) is 0 Å². The average Bonchev–Trinajstić information content (AvgIpc) is 3.01. The second-order valence-corrected chi connectivity index (χ2v) is 8.34. The van der Waals surface area contributed by atoms with Crippen molar-refractivity contribution in [2.24, 2.45) is 11.8 Å². The van der Waals surface area contributed by atoms with Gasteiger partial charge in [0.15, 0.2) is 0 Å². The third kappa shape index (κ3) is 3.07. The van der Waals surface area contributed by atoms with Gasteiger partial charge >= 0.3 is 6.03 Å². The summed E-state index contributed by atoms with van der Waals surface area (Å²) in [7, 11) is 0. The Balaban J connectivity index is 1.19. The fourth-order valence-corrected chi connectivity index (χ4v) is 4.82. The molecule has 5 rings (SSSR count). The zero-order valence-corrected chi connectivity index (χ0v) is 14.7. The Kier molecular flexibility index (Phi) is 3.79. The van der Waals surface area contributed by atoms with Crippen molar-refractivity contribution in [1.82, 2.24) is 20.2 Å². The van der Waals surface area contributed by atoms with Gasteiger partial charge in [0.05, 0.1) is 0 Å². The standard InChI is InChI=1S/C19H27N5O/c25-19(22-16-3-1-2-4-16)24-10-14-8-23(9-15(14)11-24)18-7-17(13-5-6-13)20-12-21-18/h7,12-16H,1-6,8-11H2,(H,22,25). The molecule has 0 spiro atoms. The molecule has 2 saturated carbocycles. The molecule has 1 aromatic heterocycles. The summed E-state index contributed by atoms with van der Waals surface area (Å²) >= 11 is 0. The van der Waals surface area contributed by atoms with Crippen LogP contribution in [0.3, 0.4) is 0 Å². The van der Waals surface area contributed by atoms with Gasteiger partial charge in [-0.05, 0) is 25.7 Å². The Bertz CT molecular complexity index is 641. The van der Waals surface area contributed by atoms with Gasteiger partial charge in [-0.2, -0.15) is 0 Å². The van der Waals surface area contributed by atoms with Crippen molar-refractivity contribution in [3.8, 4) is 0 Å². The van der Waals surface area contributed by atoms with Crippen LogP contribution in [-0.4, -0.2) is 53.1 Å². The highest BCUT2D eigenvalue weighted by atomic mass is 16.2. The Labute approximate surface area is 149 Å². The van der Waals surface area contributed by atoms with Crippen LogP contribution in [0, 0.1) is 11.8 Å². The normalized spacial score (nSPS) is 29.3. The quantitative estimate of drug-likeness (QED) is 0.917. The van der Waals surface area contributed by atoms with Gasteiger partial charge in [-0.3, -0.25) is 0 Å². The van der Waals surface area contributed by atoms with Crippen molar-refractivity contribution >= 4 is 11.8 Å². The van der Waals surface area contributed by atoms with Crippen molar-refractivity contribution in [2.75, 3.05) is 31.1 Å². The molecule has 134 valence electrons. The molecule has 6 heteroatoms. The molecular formula is C19H27N5O. The van der Waals surface area contributed by atoms with Gasteiger partial charge in [-0.25, -0.2) is 14.8 Å². The maximum atomic E-state index is 12.5. The minimum Gasteiger partial charge on any atom is -0.356 e. The molecule has 4 aliphatic rings. The highest BCUT2D eigenvalue weighted by Crippen LogP contribution is 2.40. The molecule has 0 aromatic carbocycles. The molecule has 1 aromatic rings. The van der Waals surface area contributed by atoms with Crippen molar-refractivity contribution < 1.29 is 4.79 Å². The molecule has 4 fully saturated rings.